The van der Waals surface area contributed by atoms with E-state index in [0.717, 1.165) is 22.6 Å². The Kier molecular flexibility index (Phi) is 8.79. The van der Waals surface area contributed by atoms with E-state index in [1.165, 1.54) is 19.2 Å². The fourth-order valence-electron chi connectivity index (χ4n) is 5.71. The number of anilines is 3. The van der Waals surface area contributed by atoms with Crippen LogP contribution in [0.5, 0.6) is 0 Å². The minimum atomic E-state index is -3.03. The zero-order valence-corrected chi connectivity index (χ0v) is 25.0. The van der Waals surface area contributed by atoms with Gasteiger partial charge in [0, 0.05) is 80.5 Å². The molecule has 2 fully saturated rings. The number of alkyl halides is 2. The molecule has 230 valence electrons. The number of benzene rings is 1. The van der Waals surface area contributed by atoms with Crippen molar-refractivity contribution in [3.8, 4) is 11.1 Å². The second-order valence-corrected chi connectivity index (χ2v) is 11.5. The SMILES string of the molecule is CC1CN(c2ccc(-c3cc(NC(=O)c4cn(C)c(=O)cc4C(F)F)c(N4CC(C)N(C)C(C)C4)cc3F)cn2)CCO1. The lowest BCUT2D eigenvalue weighted by Gasteiger charge is -2.44. The van der Waals surface area contributed by atoms with E-state index in [9.17, 15) is 18.4 Å². The maximum Gasteiger partial charge on any atom is 0.264 e. The van der Waals surface area contributed by atoms with Gasteiger partial charge in [-0.25, -0.2) is 18.2 Å². The molecule has 2 aliphatic rings. The number of pyridine rings is 2. The van der Waals surface area contributed by atoms with Gasteiger partial charge in [-0.05, 0) is 52.1 Å². The molecule has 3 atom stereocenters. The number of nitrogens with one attached hydrogen (secondary N) is 1. The second-order valence-electron chi connectivity index (χ2n) is 11.5. The summed E-state index contributed by atoms with van der Waals surface area (Å²) in [4.78, 5) is 36.4. The topological polar surface area (TPSA) is 82.9 Å². The summed E-state index contributed by atoms with van der Waals surface area (Å²) in [6.45, 7) is 9.24. The van der Waals surface area contributed by atoms with E-state index in [1.807, 2.05) is 24.9 Å². The molecule has 1 N–H and O–H groups in total. The number of likely N-dealkylation sites (N-methyl/N-ethyl adjacent to an activating group) is 1. The van der Waals surface area contributed by atoms with Crippen molar-refractivity contribution in [1.29, 1.82) is 0 Å². The predicted octanol–water partition coefficient (Wildman–Crippen LogP) is 4.53. The zero-order chi connectivity index (χ0) is 31.0. The van der Waals surface area contributed by atoms with E-state index < -0.39 is 29.3 Å². The molecule has 0 saturated carbocycles. The number of hydrogen-bond donors (Lipinski definition) is 1. The van der Waals surface area contributed by atoms with Crippen molar-refractivity contribution in [2.24, 2.45) is 7.05 Å². The largest absolute Gasteiger partial charge is 0.375 e. The summed E-state index contributed by atoms with van der Waals surface area (Å²) in [5.41, 5.74) is -0.233. The number of rotatable bonds is 6. The third-order valence-corrected chi connectivity index (χ3v) is 8.40. The van der Waals surface area contributed by atoms with E-state index >= 15 is 4.39 Å². The Hall–Kier alpha value is -3.90. The van der Waals surface area contributed by atoms with Crippen LogP contribution in [0.4, 0.5) is 30.4 Å². The normalized spacial score (nSPS) is 21.4. The number of aromatic nitrogens is 2. The van der Waals surface area contributed by atoms with Crippen molar-refractivity contribution in [3.63, 3.8) is 0 Å². The molecule has 0 bridgehead atoms. The highest BCUT2D eigenvalue weighted by molar-refractivity contribution is 6.07. The monoisotopic (exact) mass is 598 g/mol. The molecular formula is C31H37F3N6O3. The maximum absolute atomic E-state index is 15.8. The third kappa shape index (κ3) is 6.40. The Balaban J connectivity index is 1.54. The van der Waals surface area contributed by atoms with Crippen LogP contribution < -0.4 is 20.7 Å². The molecule has 0 radical (unpaired) electrons. The predicted molar refractivity (Wildman–Crippen MR) is 161 cm³/mol. The molecule has 1 aromatic carbocycles. The van der Waals surface area contributed by atoms with Gasteiger partial charge in [-0.15, -0.1) is 0 Å². The molecule has 0 aliphatic carbocycles. The Bertz CT molecular complexity index is 1530. The molecular weight excluding hydrogens is 561 g/mol. The quantitative estimate of drug-likeness (QED) is 0.447. The summed E-state index contributed by atoms with van der Waals surface area (Å²) >= 11 is 0. The van der Waals surface area contributed by atoms with E-state index in [0.29, 0.717) is 44.0 Å². The Morgan fingerprint density at radius 1 is 1.05 bits per heavy atom. The van der Waals surface area contributed by atoms with Crippen LogP contribution in [-0.4, -0.2) is 78.4 Å². The summed E-state index contributed by atoms with van der Waals surface area (Å²) in [6.07, 6.45) is -0.278. The number of morpholine rings is 1. The summed E-state index contributed by atoms with van der Waals surface area (Å²) in [5, 5.41) is 2.76. The van der Waals surface area contributed by atoms with Gasteiger partial charge in [0.15, 0.2) is 0 Å². The Morgan fingerprint density at radius 3 is 2.40 bits per heavy atom. The van der Waals surface area contributed by atoms with Crippen LogP contribution in [0.25, 0.3) is 11.1 Å². The minimum Gasteiger partial charge on any atom is -0.375 e. The molecule has 0 spiro atoms. The van der Waals surface area contributed by atoms with Gasteiger partial charge in [-0.3, -0.25) is 14.5 Å². The number of piperazine rings is 1. The van der Waals surface area contributed by atoms with E-state index in [2.05, 4.69) is 33.9 Å². The molecule has 4 heterocycles. The van der Waals surface area contributed by atoms with Gasteiger partial charge in [-0.2, -0.15) is 0 Å². The molecule has 12 heteroatoms. The van der Waals surface area contributed by atoms with Crippen molar-refractivity contribution < 1.29 is 22.7 Å². The highest BCUT2D eigenvalue weighted by Crippen LogP contribution is 2.37. The van der Waals surface area contributed by atoms with Gasteiger partial charge in [0.25, 0.3) is 17.9 Å². The van der Waals surface area contributed by atoms with Gasteiger partial charge in [-0.1, -0.05) is 0 Å². The van der Waals surface area contributed by atoms with Crippen molar-refractivity contribution in [3.05, 3.63) is 70.0 Å². The summed E-state index contributed by atoms with van der Waals surface area (Å²) in [7, 11) is 3.41. The van der Waals surface area contributed by atoms with E-state index in [4.69, 9.17) is 4.74 Å². The Labute approximate surface area is 248 Å². The van der Waals surface area contributed by atoms with Gasteiger partial charge in [0.1, 0.15) is 11.6 Å². The number of ether oxygens (including phenoxy) is 1. The molecule has 2 aromatic heterocycles. The standard InChI is InChI=1S/C31H37F3N6O3/c1-18-14-40(15-19(2)38(18)5)27-12-25(32)22(21-6-7-28(35-13-21)39-8-9-43-20(3)16-39)10-26(27)36-31(42)24-17-37(4)29(41)11-23(24)30(33)34/h6-7,10-13,17-20,30H,8-9,14-16H2,1-5H3,(H,36,42). The van der Waals surface area contributed by atoms with Crippen molar-refractivity contribution >= 4 is 23.1 Å². The first-order chi connectivity index (χ1) is 20.4. The molecule has 1 amide bonds. The number of amides is 1. The lowest BCUT2D eigenvalue weighted by molar-refractivity contribution is 0.0529. The summed E-state index contributed by atoms with van der Waals surface area (Å²) in [6, 6.07) is 7.54. The van der Waals surface area contributed by atoms with Crippen LogP contribution in [0.3, 0.4) is 0 Å². The van der Waals surface area contributed by atoms with Gasteiger partial charge < -0.3 is 24.4 Å². The molecule has 3 aromatic rings. The molecule has 9 nitrogen and oxygen atoms in total. The lowest BCUT2D eigenvalue weighted by atomic mass is 10.0. The van der Waals surface area contributed by atoms with Crippen molar-refractivity contribution in [2.45, 2.75) is 45.4 Å². The van der Waals surface area contributed by atoms with Crippen molar-refractivity contribution in [2.75, 3.05) is 55.0 Å². The second kappa shape index (κ2) is 12.4. The van der Waals surface area contributed by atoms with Crippen LogP contribution in [0.15, 0.2) is 47.5 Å². The zero-order valence-electron chi connectivity index (χ0n) is 25.0. The van der Waals surface area contributed by atoms with Gasteiger partial charge in [0.2, 0.25) is 0 Å². The number of aryl methyl sites for hydroxylation is 1. The van der Waals surface area contributed by atoms with Crippen LogP contribution in [-0.2, 0) is 11.8 Å². The minimum absolute atomic E-state index is 0.0732. The molecule has 2 aliphatic heterocycles. The molecule has 43 heavy (non-hydrogen) atoms. The van der Waals surface area contributed by atoms with Crippen molar-refractivity contribution in [1.82, 2.24) is 14.5 Å². The van der Waals surface area contributed by atoms with E-state index in [-0.39, 0.29) is 35.0 Å². The average Bonchev–Trinajstić information content (AvgIpc) is 2.97. The molecule has 5 rings (SSSR count). The van der Waals surface area contributed by atoms with Gasteiger partial charge >= 0.3 is 0 Å². The first-order valence-electron chi connectivity index (χ1n) is 14.4. The molecule has 2 saturated heterocycles. The first kappa shape index (κ1) is 30.6. The maximum atomic E-state index is 15.8. The van der Waals surface area contributed by atoms with Crippen LogP contribution >= 0.6 is 0 Å². The van der Waals surface area contributed by atoms with Crippen LogP contribution in [0.1, 0.15) is 43.1 Å². The number of carbonyl (C=O) groups excluding carboxylic acids is 1. The van der Waals surface area contributed by atoms with Crippen LogP contribution in [0, 0.1) is 5.82 Å². The fourth-order valence-corrected chi connectivity index (χ4v) is 5.71. The number of nitrogens with zero attached hydrogens (tertiary/aromatic N) is 5. The number of carbonyl (C=O) groups is 1. The first-order valence-corrected chi connectivity index (χ1v) is 14.4. The highest BCUT2D eigenvalue weighted by Gasteiger charge is 2.30. The smallest absolute Gasteiger partial charge is 0.264 e. The van der Waals surface area contributed by atoms with E-state index in [1.54, 1.807) is 12.3 Å². The van der Waals surface area contributed by atoms with Gasteiger partial charge in [0.05, 0.1) is 29.6 Å². The fraction of sp³-hybridized carbons (Fsp3) is 0.452. The third-order valence-electron chi connectivity index (χ3n) is 8.40. The summed E-state index contributed by atoms with van der Waals surface area (Å²) < 4.78 is 50.2. The number of hydrogen-bond acceptors (Lipinski definition) is 7. The Morgan fingerprint density at radius 2 is 1.77 bits per heavy atom. The average molecular weight is 599 g/mol. The van der Waals surface area contributed by atoms with Crippen LogP contribution in [0.2, 0.25) is 0 Å². The lowest BCUT2D eigenvalue weighted by Crippen LogP contribution is -2.55. The molecule has 3 unspecified atom stereocenters. The summed E-state index contributed by atoms with van der Waals surface area (Å²) in [5.74, 6) is -0.578. The highest BCUT2D eigenvalue weighted by atomic mass is 19.3. The number of halogens is 3.